The molecule has 0 aromatic heterocycles. The third kappa shape index (κ3) is 1.20. The zero-order valence-corrected chi connectivity index (χ0v) is 7.30. The first-order valence-electron chi connectivity index (χ1n) is 4.21. The highest BCUT2D eigenvalue weighted by Crippen LogP contribution is 2.24. The number of hydrogen-bond acceptors (Lipinski definition) is 0. The zero-order chi connectivity index (χ0) is 8.55. The van der Waals surface area contributed by atoms with E-state index in [4.69, 9.17) is 0 Å². The molecule has 0 saturated carbocycles. The molecule has 0 fully saturated rings. The third-order valence-corrected chi connectivity index (χ3v) is 2.10. The van der Waals surface area contributed by atoms with Crippen LogP contribution in [0.25, 0.3) is 12.2 Å². The highest BCUT2D eigenvalue weighted by Gasteiger charge is 2.05. The van der Waals surface area contributed by atoms with Crippen molar-refractivity contribution in [3.05, 3.63) is 47.0 Å². The van der Waals surface area contributed by atoms with Crippen LogP contribution in [0.15, 0.2) is 30.4 Å². The quantitative estimate of drug-likeness (QED) is 0.585. The Morgan fingerprint density at radius 2 is 2.00 bits per heavy atom. The first-order valence-corrected chi connectivity index (χ1v) is 4.21. The molecule has 60 valence electrons. The van der Waals surface area contributed by atoms with Crippen LogP contribution in [0.5, 0.6) is 0 Å². The lowest BCUT2D eigenvalue weighted by Crippen LogP contribution is -1.93. The van der Waals surface area contributed by atoms with Crippen molar-refractivity contribution < 1.29 is 0 Å². The first-order chi connectivity index (χ1) is 5.75. The molecule has 0 heteroatoms. The van der Waals surface area contributed by atoms with Gasteiger partial charge in [0.05, 0.1) is 0 Å². The number of allylic oxidation sites excluding steroid dienone is 1. The molecule has 0 bridgehead atoms. The van der Waals surface area contributed by atoms with Crippen LogP contribution < -0.4 is 0 Å². The molecule has 0 atom stereocenters. The molecule has 0 saturated heterocycles. The number of hydrogen-bond donors (Lipinski definition) is 0. The summed E-state index contributed by atoms with van der Waals surface area (Å²) in [5, 5.41) is 0. The van der Waals surface area contributed by atoms with Gasteiger partial charge in [0.25, 0.3) is 0 Å². The Labute approximate surface area is 73.2 Å². The van der Waals surface area contributed by atoms with E-state index in [1.54, 1.807) is 0 Å². The Morgan fingerprint density at radius 3 is 2.50 bits per heavy atom. The average molecular weight is 156 g/mol. The Hall–Kier alpha value is -1.30. The van der Waals surface area contributed by atoms with Gasteiger partial charge in [-0.2, -0.15) is 0 Å². The van der Waals surface area contributed by atoms with Crippen LogP contribution in [0.3, 0.4) is 0 Å². The first kappa shape index (κ1) is 7.35. The van der Waals surface area contributed by atoms with Gasteiger partial charge in [-0.15, -0.1) is 0 Å². The van der Waals surface area contributed by atoms with Gasteiger partial charge in [0.15, 0.2) is 0 Å². The fourth-order valence-electron chi connectivity index (χ4n) is 1.46. The lowest BCUT2D eigenvalue weighted by molar-refractivity contribution is 1.15. The van der Waals surface area contributed by atoms with E-state index in [0.29, 0.717) is 0 Å². The van der Waals surface area contributed by atoms with Gasteiger partial charge >= 0.3 is 0 Å². The molecule has 1 aliphatic rings. The maximum absolute atomic E-state index is 3.90. The lowest BCUT2D eigenvalue weighted by Gasteiger charge is -2.11. The standard InChI is InChI=1S/C12H12/c1-9(2)7-10-3-4-11-5-6-12(11)8-10/h3-6,8H,1,7H2,2H3. The predicted molar refractivity (Wildman–Crippen MR) is 53.9 cm³/mol. The van der Waals surface area contributed by atoms with Gasteiger partial charge in [0.2, 0.25) is 0 Å². The van der Waals surface area contributed by atoms with Crippen molar-refractivity contribution in [2.75, 3.05) is 0 Å². The van der Waals surface area contributed by atoms with Crippen molar-refractivity contribution >= 4 is 12.2 Å². The zero-order valence-electron chi connectivity index (χ0n) is 7.30. The van der Waals surface area contributed by atoms with Gasteiger partial charge in [-0.1, -0.05) is 42.5 Å². The maximum atomic E-state index is 3.90. The molecule has 2 rings (SSSR count). The SMILES string of the molecule is C=C(C)Cc1ccc2c(c1)C=C2. The Kier molecular flexibility index (Phi) is 1.61. The largest absolute Gasteiger partial charge is 0.0998 e. The summed E-state index contributed by atoms with van der Waals surface area (Å²) in [6, 6.07) is 6.59. The molecule has 0 spiro atoms. The summed E-state index contributed by atoms with van der Waals surface area (Å²) >= 11 is 0. The summed E-state index contributed by atoms with van der Waals surface area (Å²) in [5.41, 5.74) is 5.32. The van der Waals surface area contributed by atoms with Crippen molar-refractivity contribution in [1.82, 2.24) is 0 Å². The average Bonchev–Trinajstić information content (AvgIpc) is 1.94. The fourth-order valence-corrected chi connectivity index (χ4v) is 1.46. The van der Waals surface area contributed by atoms with Gasteiger partial charge in [0, 0.05) is 0 Å². The van der Waals surface area contributed by atoms with E-state index in [0.717, 1.165) is 6.42 Å². The monoisotopic (exact) mass is 156 g/mol. The molecule has 0 unspecified atom stereocenters. The smallest absolute Gasteiger partial charge is 0.00724 e. The summed E-state index contributed by atoms with van der Waals surface area (Å²) < 4.78 is 0. The van der Waals surface area contributed by atoms with Gasteiger partial charge in [-0.25, -0.2) is 0 Å². The van der Waals surface area contributed by atoms with Crippen LogP contribution in [0.2, 0.25) is 0 Å². The van der Waals surface area contributed by atoms with Crippen LogP contribution in [0.4, 0.5) is 0 Å². The van der Waals surface area contributed by atoms with Crippen molar-refractivity contribution in [2.45, 2.75) is 13.3 Å². The summed E-state index contributed by atoms with van der Waals surface area (Å²) in [7, 11) is 0. The van der Waals surface area contributed by atoms with E-state index in [1.165, 1.54) is 22.3 Å². The van der Waals surface area contributed by atoms with Gasteiger partial charge in [0.1, 0.15) is 0 Å². The van der Waals surface area contributed by atoms with Crippen LogP contribution in [-0.4, -0.2) is 0 Å². The molecule has 1 aromatic rings. The van der Waals surface area contributed by atoms with Crippen molar-refractivity contribution in [1.29, 1.82) is 0 Å². The van der Waals surface area contributed by atoms with Crippen molar-refractivity contribution in [3.63, 3.8) is 0 Å². The summed E-state index contributed by atoms with van der Waals surface area (Å²) in [6.45, 7) is 5.97. The minimum atomic E-state index is 1.00. The predicted octanol–water partition coefficient (Wildman–Crippen LogP) is 3.29. The highest BCUT2D eigenvalue weighted by atomic mass is 14.1. The molecule has 0 nitrogen and oxygen atoms in total. The Morgan fingerprint density at radius 1 is 1.25 bits per heavy atom. The van der Waals surface area contributed by atoms with Gasteiger partial charge < -0.3 is 0 Å². The molecule has 0 aliphatic heterocycles. The van der Waals surface area contributed by atoms with Crippen molar-refractivity contribution in [3.8, 4) is 0 Å². The minimum absolute atomic E-state index is 1.00. The molecule has 12 heavy (non-hydrogen) atoms. The van der Waals surface area contributed by atoms with Crippen LogP contribution in [0, 0.1) is 0 Å². The second-order valence-corrected chi connectivity index (χ2v) is 3.43. The maximum Gasteiger partial charge on any atom is -0.00724 e. The van der Waals surface area contributed by atoms with Crippen LogP contribution >= 0.6 is 0 Å². The molecule has 0 N–H and O–H groups in total. The van der Waals surface area contributed by atoms with Gasteiger partial charge in [-0.05, 0) is 30.0 Å². The van der Waals surface area contributed by atoms with Crippen LogP contribution in [0.1, 0.15) is 23.6 Å². The van der Waals surface area contributed by atoms with Gasteiger partial charge in [-0.3, -0.25) is 0 Å². The molecular formula is C12H12. The van der Waals surface area contributed by atoms with E-state index in [1.807, 2.05) is 0 Å². The third-order valence-electron chi connectivity index (χ3n) is 2.10. The lowest BCUT2D eigenvalue weighted by atomic mass is 9.94. The number of benzene rings is 1. The second kappa shape index (κ2) is 2.63. The van der Waals surface area contributed by atoms with E-state index >= 15 is 0 Å². The van der Waals surface area contributed by atoms with E-state index in [9.17, 15) is 0 Å². The van der Waals surface area contributed by atoms with E-state index in [2.05, 4.69) is 43.9 Å². The summed E-state index contributed by atoms with van der Waals surface area (Å²) in [6.07, 6.45) is 5.29. The number of fused-ring (bicyclic) bond motifs is 1. The molecule has 0 amide bonds. The van der Waals surface area contributed by atoms with Crippen molar-refractivity contribution in [2.24, 2.45) is 0 Å². The minimum Gasteiger partial charge on any atom is -0.0998 e. The summed E-state index contributed by atoms with van der Waals surface area (Å²) in [5.74, 6) is 0. The molecule has 1 aliphatic carbocycles. The molecule has 1 aromatic carbocycles. The normalized spacial score (nSPS) is 12.1. The van der Waals surface area contributed by atoms with E-state index < -0.39 is 0 Å². The van der Waals surface area contributed by atoms with Crippen LogP contribution in [-0.2, 0) is 6.42 Å². The topological polar surface area (TPSA) is 0 Å². The second-order valence-electron chi connectivity index (χ2n) is 3.43. The Bertz CT molecular complexity index is 356. The Balaban J connectivity index is 2.26. The fraction of sp³-hybridized carbons (Fsp3) is 0.167. The molecular weight excluding hydrogens is 144 g/mol. The highest BCUT2D eigenvalue weighted by molar-refractivity contribution is 5.85. The number of rotatable bonds is 2. The molecule has 0 heterocycles. The molecule has 0 radical (unpaired) electrons. The summed E-state index contributed by atoms with van der Waals surface area (Å²) in [4.78, 5) is 0. The van der Waals surface area contributed by atoms with E-state index in [-0.39, 0.29) is 0 Å².